The number of aromatic nitrogens is 1. The average Bonchev–Trinajstić information content (AvgIpc) is 3.07. The van der Waals surface area contributed by atoms with Crippen LogP contribution >= 0.6 is 11.3 Å². The van der Waals surface area contributed by atoms with Crippen LogP contribution in [-0.2, 0) is 21.4 Å². The third-order valence-corrected chi connectivity index (χ3v) is 5.60. The Morgan fingerprint density at radius 1 is 1.15 bits per heavy atom. The number of nitrogens with zero attached hydrogens (tertiary/aromatic N) is 1. The summed E-state index contributed by atoms with van der Waals surface area (Å²) in [6, 6.07) is 18.0. The summed E-state index contributed by atoms with van der Waals surface area (Å²) in [5.74, 6) is 0.0269. The van der Waals surface area contributed by atoms with Crippen LogP contribution < -0.4 is 5.32 Å². The molecular formula is C21H24N2O2S. The Hall–Kier alpha value is -2.24. The van der Waals surface area contributed by atoms with Gasteiger partial charge in [0.25, 0.3) is 0 Å². The Balaban J connectivity index is 1.86. The van der Waals surface area contributed by atoms with Gasteiger partial charge in [-0.05, 0) is 31.0 Å². The molecule has 0 aliphatic rings. The summed E-state index contributed by atoms with van der Waals surface area (Å²) < 4.78 is 6.21. The molecule has 136 valence electrons. The molecule has 0 bridgehead atoms. The average molecular weight is 369 g/mol. The number of carbonyl (C=O) groups excluding carboxylic acids is 1. The topological polar surface area (TPSA) is 51.2 Å². The standard InChI is InChI=1S/C21H24N2O2S/c1-21(16-9-4-3-5-10-16,20(24)22-13-8-14-25-2)15-19-23-17-11-6-7-12-18(17)26-19/h3-7,9-12H,8,13-15H2,1-2H3,(H,22,24). The molecule has 0 spiro atoms. The minimum atomic E-state index is -0.664. The third-order valence-electron chi connectivity index (χ3n) is 4.57. The molecular weight excluding hydrogens is 344 g/mol. The van der Waals surface area contributed by atoms with Gasteiger partial charge in [-0.1, -0.05) is 42.5 Å². The number of fused-ring (bicyclic) bond motifs is 1. The Morgan fingerprint density at radius 2 is 1.88 bits per heavy atom. The monoisotopic (exact) mass is 368 g/mol. The van der Waals surface area contributed by atoms with Crippen LogP contribution in [0.25, 0.3) is 10.2 Å². The van der Waals surface area contributed by atoms with E-state index in [9.17, 15) is 4.79 Å². The van der Waals surface area contributed by atoms with Crippen molar-refractivity contribution in [2.45, 2.75) is 25.2 Å². The Kier molecular flexibility index (Phi) is 6.01. The molecule has 4 nitrogen and oxygen atoms in total. The zero-order valence-corrected chi connectivity index (χ0v) is 16.0. The number of para-hydroxylation sites is 1. The van der Waals surface area contributed by atoms with Crippen molar-refractivity contribution in [1.29, 1.82) is 0 Å². The van der Waals surface area contributed by atoms with Crippen LogP contribution in [0.4, 0.5) is 0 Å². The number of amides is 1. The summed E-state index contributed by atoms with van der Waals surface area (Å²) in [5.41, 5.74) is 1.33. The van der Waals surface area contributed by atoms with E-state index in [0.717, 1.165) is 27.2 Å². The molecule has 1 aromatic heterocycles. The molecule has 1 N–H and O–H groups in total. The normalized spacial score (nSPS) is 13.5. The van der Waals surface area contributed by atoms with E-state index in [1.165, 1.54) is 0 Å². The number of nitrogens with one attached hydrogen (secondary N) is 1. The highest BCUT2D eigenvalue weighted by atomic mass is 32.1. The summed E-state index contributed by atoms with van der Waals surface area (Å²) >= 11 is 1.66. The maximum atomic E-state index is 13.1. The molecule has 0 saturated carbocycles. The van der Waals surface area contributed by atoms with E-state index < -0.39 is 5.41 Å². The van der Waals surface area contributed by atoms with Crippen LogP contribution in [0.1, 0.15) is 23.9 Å². The van der Waals surface area contributed by atoms with Gasteiger partial charge in [0.1, 0.15) is 0 Å². The fourth-order valence-electron chi connectivity index (χ4n) is 3.03. The van der Waals surface area contributed by atoms with E-state index in [2.05, 4.69) is 11.4 Å². The summed E-state index contributed by atoms with van der Waals surface area (Å²) in [6.07, 6.45) is 1.38. The zero-order chi connectivity index (χ0) is 18.4. The van der Waals surface area contributed by atoms with Crippen LogP contribution in [0.15, 0.2) is 54.6 Å². The Morgan fingerprint density at radius 3 is 2.62 bits per heavy atom. The van der Waals surface area contributed by atoms with Gasteiger partial charge in [0.2, 0.25) is 5.91 Å². The lowest BCUT2D eigenvalue weighted by Crippen LogP contribution is -2.44. The highest BCUT2D eigenvalue weighted by Crippen LogP contribution is 2.32. The second kappa shape index (κ2) is 8.43. The highest BCUT2D eigenvalue weighted by molar-refractivity contribution is 7.18. The third kappa shape index (κ3) is 4.11. The number of ether oxygens (including phenoxy) is 1. The van der Waals surface area contributed by atoms with Crippen molar-refractivity contribution >= 4 is 27.5 Å². The number of methoxy groups -OCH3 is 1. The molecule has 0 aliphatic heterocycles. The van der Waals surface area contributed by atoms with E-state index in [0.29, 0.717) is 19.6 Å². The van der Waals surface area contributed by atoms with Gasteiger partial charge >= 0.3 is 0 Å². The largest absolute Gasteiger partial charge is 0.385 e. The fraction of sp³-hybridized carbons (Fsp3) is 0.333. The molecule has 3 aromatic rings. The minimum absolute atomic E-state index is 0.0269. The molecule has 1 amide bonds. The van der Waals surface area contributed by atoms with E-state index >= 15 is 0 Å². The highest BCUT2D eigenvalue weighted by Gasteiger charge is 2.36. The first-order valence-corrected chi connectivity index (χ1v) is 9.62. The van der Waals surface area contributed by atoms with Crippen molar-refractivity contribution < 1.29 is 9.53 Å². The number of carbonyl (C=O) groups is 1. The minimum Gasteiger partial charge on any atom is -0.385 e. The lowest BCUT2D eigenvalue weighted by Gasteiger charge is -2.28. The van der Waals surface area contributed by atoms with Crippen molar-refractivity contribution in [2.75, 3.05) is 20.3 Å². The van der Waals surface area contributed by atoms with Gasteiger partial charge < -0.3 is 10.1 Å². The number of rotatable bonds is 8. The quantitative estimate of drug-likeness (QED) is 0.613. The van der Waals surface area contributed by atoms with Crippen molar-refractivity contribution in [3.63, 3.8) is 0 Å². The SMILES string of the molecule is COCCCNC(=O)C(C)(Cc1nc2ccccc2s1)c1ccccc1. The summed E-state index contributed by atoms with van der Waals surface area (Å²) in [5, 5.41) is 4.04. The van der Waals surface area contributed by atoms with E-state index in [1.54, 1.807) is 18.4 Å². The lowest BCUT2D eigenvalue weighted by atomic mass is 9.78. The second-order valence-electron chi connectivity index (χ2n) is 6.55. The van der Waals surface area contributed by atoms with Crippen LogP contribution in [-0.4, -0.2) is 31.2 Å². The molecule has 1 unspecified atom stereocenters. The van der Waals surface area contributed by atoms with Gasteiger partial charge in [-0.15, -0.1) is 11.3 Å². The molecule has 0 aliphatic carbocycles. The maximum absolute atomic E-state index is 13.1. The second-order valence-corrected chi connectivity index (χ2v) is 7.67. The Labute approximate surface area is 158 Å². The zero-order valence-electron chi connectivity index (χ0n) is 15.2. The van der Waals surface area contributed by atoms with E-state index in [1.807, 2.05) is 55.5 Å². The van der Waals surface area contributed by atoms with Crippen molar-refractivity contribution in [1.82, 2.24) is 10.3 Å². The number of hydrogen-bond acceptors (Lipinski definition) is 4. The Bertz CT molecular complexity index is 830. The molecule has 0 saturated heterocycles. The molecule has 1 atom stereocenters. The molecule has 0 radical (unpaired) electrons. The lowest BCUT2D eigenvalue weighted by molar-refractivity contribution is -0.126. The smallest absolute Gasteiger partial charge is 0.230 e. The molecule has 1 heterocycles. The van der Waals surface area contributed by atoms with Gasteiger partial charge in [0.15, 0.2) is 0 Å². The van der Waals surface area contributed by atoms with Gasteiger partial charge in [-0.25, -0.2) is 4.98 Å². The van der Waals surface area contributed by atoms with E-state index in [-0.39, 0.29) is 5.91 Å². The molecule has 2 aromatic carbocycles. The van der Waals surface area contributed by atoms with Gasteiger partial charge in [-0.2, -0.15) is 0 Å². The van der Waals surface area contributed by atoms with Gasteiger partial charge in [0, 0.05) is 26.7 Å². The molecule has 5 heteroatoms. The van der Waals surface area contributed by atoms with Gasteiger partial charge in [0.05, 0.1) is 20.6 Å². The summed E-state index contributed by atoms with van der Waals surface area (Å²) in [7, 11) is 1.67. The van der Waals surface area contributed by atoms with Crippen LogP contribution in [0.3, 0.4) is 0 Å². The maximum Gasteiger partial charge on any atom is 0.230 e. The van der Waals surface area contributed by atoms with Crippen molar-refractivity contribution in [3.05, 3.63) is 65.2 Å². The summed E-state index contributed by atoms with van der Waals surface area (Å²) in [6.45, 7) is 3.25. The molecule has 0 fully saturated rings. The summed E-state index contributed by atoms with van der Waals surface area (Å²) in [4.78, 5) is 17.8. The molecule has 3 rings (SSSR count). The first kappa shape index (κ1) is 18.5. The predicted octanol–water partition coefficient (Wildman–Crippen LogP) is 3.95. The molecule has 26 heavy (non-hydrogen) atoms. The predicted molar refractivity (Wildman–Crippen MR) is 107 cm³/mol. The van der Waals surface area contributed by atoms with Crippen LogP contribution in [0.5, 0.6) is 0 Å². The van der Waals surface area contributed by atoms with Crippen molar-refractivity contribution in [2.24, 2.45) is 0 Å². The van der Waals surface area contributed by atoms with Crippen molar-refractivity contribution in [3.8, 4) is 0 Å². The van der Waals surface area contributed by atoms with Crippen LogP contribution in [0.2, 0.25) is 0 Å². The number of benzene rings is 2. The fourth-order valence-corrected chi connectivity index (χ4v) is 4.15. The first-order chi connectivity index (χ1) is 12.6. The number of hydrogen-bond donors (Lipinski definition) is 1. The van der Waals surface area contributed by atoms with Crippen LogP contribution in [0, 0.1) is 0 Å². The van der Waals surface area contributed by atoms with E-state index in [4.69, 9.17) is 9.72 Å². The number of thiazole rings is 1. The first-order valence-electron chi connectivity index (χ1n) is 8.81. The van der Waals surface area contributed by atoms with Gasteiger partial charge in [-0.3, -0.25) is 4.79 Å².